The zero-order valence-electron chi connectivity index (χ0n) is 25.5. The van der Waals surface area contributed by atoms with E-state index in [2.05, 4.69) is 0 Å². The summed E-state index contributed by atoms with van der Waals surface area (Å²) in [7, 11) is 4.53. The lowest BCUT2D eigenvalue weighted by molar-refractivity contribution is 0.272. The lowest BCUT2D eigenvalue weighted by atomic mass is 10.2. The highest BCUT2D eigenvalue weighted by atomic mass is 16.5. The minimum Gasteiger partial charge on any atom is -0.508 e. The molecule has 5 aromatic carbocycles. The molecular formula is C35H40O10. The van der Waals surface area contributed by atoms with Gasteiger partial charge in [-0.15, -0.1) is 0 Å². The molecule has 0 bridgehead atoms. The zero-order chi connectivity index (χ0) is 33.6. The highest BCUT2D eigenvalue weighted by molar-refractivity contribution is 5.45. The van der Waals surface area contributed by atoms with E-state index >= 15 is 0 Å². The lowest BCUT2D eigenvalue weighted by Gasteiger charge is -2.05. The van der Waals surface area contributed by atoms with Gasteiger partial charge in [0.25, 0.3) is 0 Å². The second kappa shape index (κ2) is 21.0. The predicted molar refractivity (Wildman–Crippen MR) is 173 cm³/mol. The Morgan fingerprint density at radius 3 is 1.33 bits per heavy atom. The number of ether oxygens (including phenoxy) is 3. The van der Waals surface area contributed by atoms with Gasteiger partial charge in [-0.2, -0.15) is 0 Å². The van der Waals surface area contributed by atoms with Crippen molar-refractivity contribution in [2.45, 2.75) is 13.5 Å². The fraction of sp³-hybridized carbons (Fsp3) is 0.143. The maximum Gasteiger partial charge on any atom is 0.163 e. The van der Waals surface area contributed by atoms with Gasteiger partial charge in [-0.1, -0.05) is 60.7 Å². The summed E-state index contributed by atoms with van der Waals surface area (Å²) in [5.74, 6) is 1.97. The normalized spacial score (nSPS) is 9.18. The summed E-state index contributed by atoms with van der Waals surface area (Å²) < 4.78 is 14.5. The van der Waals surface area contributed by atoms with Gasteiger partial charge in [0.05, 0.1) is 27.9 Å². The monoisotopic (exact) mass is 620 g/mol. The van der Waals surface area contributed by atoms with Crippen LogP contribution in [0, 0.1) is 6.92 Å². The number of hydrogen-bond acceptors (Lipinski definition) is 10. The third kappa shape index (κ3) is 14.3. The molecule has 0 spiro atoms. The molecule has 45 heavy (non-hydrogen) atoms. The third-order valence-electron chi connectivity index (χ3n) is 5.53. The van der Waals surface area contributed by atoms with Crippen molar-refractivity contribution in [1.82, 2.24) is 0 Å². The SMILES string of the molecule is COc1cc(C)ccc1O.COc1cccc(CO)c1O.COc1ccccc1O.Oc1ccccc1.Oc1ccccc1O. The molecule has 0 aliphatic heterocycles. The highest BCUT2D eigenvalue weighted by Gasteiger charge is 2.04. The van der Waals surface area contributed by atoms with Crippen LogP contribution in [-0.4, -0.2) is 57.1 Å². The number of aliphatic hydroxyl groups is 1. The maximum atomic E-state index is 9.30. The van der Waals surface area contributed by atoms with Crippen LogP contribution in [0.2, 0.25) is 0 Å². The van der Waals surface area contributed by atoms with Crippen molar-refractivity contribution in [3.63, 3.8) is 0 Å². The van der Waals surface area contributed by atoms with Crippen molar-refractivity contribution < 1.29 is 50.0 Å². The van der Waals surface area contributed by atoms with E-state index in [-0.39, 0.29) is 35.4 Å². The number of aryl methyl sites for hydroxylation is 1. The Kier molecular flexibility index (Phi) is 17.4. The molecule has 0 atom stereocenters. The molecule has 0 aliphatic rings. The number of phenols is 6. The molecule has 0 saturated heterocycles. The van der Waals surface area contributed by atoms with Crippen molar-refractivity contribution in [1.29, 1.82) is 0 Å². The average molecular weight is 621 g/mol. The fourth-order valence-electron chi connectivity index (χ4n) is 3.17. The summed E-state index contributed by atoms with van der Waals surface area (Å²) >= 11 is 0. The minimum absolute atomic E-state index is 0.0116. The molecule has 0 radical (unpaired) electrons. The molecule has 10 nitrogen and oxygen atoms in total. The third-order valence-corrected chi connectivity index (χ3v) is 5.53. The van der Waals surface area contributed by atoms with Crippen LogP contribution in [0.1, 0.15) is 11.1 Å². The smallest absolute Gasteiger partial charge is 0.163 e. The van der Waals surface area contributed by atoms with Gasteiger partial charge in [-0.05, 0) is 67.1 Å². The second-order valence-corrected chi connectivity index (χ2v) is 8.80. The Balaban J connectivity index is 0.000000283. The summed E-state index contributed by atoms with van der Waals surface area (Å²) in [5, 5.41) is 62.1. The lowest BCUT2D eigenvalue weighted by Crippen LogP contribution is -1.88. The zero-order valence-corrected chi connectivity index (χ0v) is 25.5. The topological polar surface area (TPSA) is 169 Å². The quantitative estimate of drug-likeness (QED) is 0.110. The van der Waals surface area contributed by atoms with Crippen LogP contribution in [0.25, 0.3) is 0 Å². The molecule has 0 saturated carbocycles. The largest absolute Gasteiger partial charge is 0.508 e. The van der Waals surface area contributed by atoms with E-state index in [4.69, 9.17) is 44.8 Å². The molecule has 0 fully saturated rings. The fourth-order valence-corrected chi connectivity index (χ4v) is 3.17. The molecule has 0 aliphatic carbocycles. The van der Waals surface area contributed by atoms with Crippen LogP contribution in [0.4, 0.5) is 0 Å². The van der Waals surface area contributed by atoms with Crippen LogP contribution < -0.4 is 14.2 Å². The van der Waals surface area contributed by atoms with E-state index in [0.29, 0.717) is 28.6 Å². The van der Waals surface area contributed by atoms with Crippen LogP contribution in [-0.2, 0) is 6.61 Å². The summed E-state index contributed by atoms with van der Waals surface area (Å²) in [6.07, 6.45) is 0. The minimum atomic E-state index is -0.178. The van der Waals surface area contributed by atoms with Gasteiger partial charge in [0.2, 0.25) is 0 Å². The van der Waals surface area contributed by atoms with Crippen LogP contribution in [0.5, 0.6) is 51.7 Å². The first kappa shape index (κ1) is 37.3. The Morgan fingerprint density at radius 2 is 0.933 bits per heavy atom. The molecule has 240 valence electrons. The van der Waals surface area contributed by atoms with Gasteiger partial charge >= 0.3 is 0 Å². The summed E-state index contributed by atoms with van der Waals surface area (Å²) in [6.45, 7) is 1.77. The van der Waals surface area contributed by atoms with E-state index in [1.165, 1.54) is 33.5 Å². The summed E-state index contributed by atoms with van der Waals surface area (Å²) in [5.41, 5.74) is 1.55. The van der Waals surface area contributed by atoms with E-state index in [9.17, 15) is 5.11 Å². The van der Waals surface area contributed by atoms with Crippen molar-refractivity contribution in [3.8, 4) is 51.7 Å². The van der Waals surface area contributed by atoms with Crippen molar-refractivity contribution in [3.05, 3.63) is 126 Å². The van der Waals surface area contributed by atoms with E-state index in [1.807, 2.05) is 19.1 Å². The van der Waals surface area contributed by atoms with Gasteiger partial charge < -0.3 is 50.0 Å². The van der Waals surface area contributed by atoms with Crippen LogP contribution in [0.15, 0.2) is 115 Å². The molecule has 0 amide bonds. The Labute approximate surface area is 262 Å². The second-order valence-electron chi connectivity index (χ2n) is 8.80. The van der Waals surface area contributed by atoms with Gasteiger partial charge in [-0.3, -0.25) is 0 Å². The van der Waals surface area contributed by atoms with Gasteiger partial charge in [0, 0.05) is 5.56 Å². The first-order valence-corrected chi connectivity index (χ1v) is 13.4. The number of phenolic OH excluding ortho intramolecular Hbond substituents is 5. The number of benzene rings is 5. The molecule has 10 heteroatoms. The van der Waals surface area contributed by atoms with Crippen LogP contribution >= 0.6 is 0 Å². The number of para-hydroxylation sites is 6. The van der Waals surface area contributed by atoms with E-state index in [1.54, 1.807) is 91.0 Å². The number of hydrogen-bond donors (Lipinski definition) is 7. The van der Waals surface area contributed by atoms with Gasteiger partial charge in [-0.25, -0.2) is 0 Å². The number of aliphatic hydroxyl groups excluding tert-OH is 1. The van der Waals surface area contributed by atoms with Gasteiger partial charge in [0.15, 0.2) is 46.0 Å². The first-order chi connectivity index (χ1) is 21.6. The molecular weight excluding hydrogens is 580 g/mol. The highest BCUT2D eigenvalue weighted by Crippen LogP contribution is 2.29. The Morgan fingerprint density at radius 1 is 0.467 bits per heavy atom. The number of methoxy groups -OCH3 is 3. The predicted octanol–water partition coefficient (Wildman–Crippen LogP) is 6.49. The molecule has 0 unspecified atom stereocenters. The Bertz CT molecular complexity index is 1480. The molecule has 0 aromatic heterocycles. The van der Waals surface area contributed by atoms with Crippen molar-refractivity contribution >= 4 is 0 Å². The van der Waals surface area contributed by atoms with E-state index in [0.717, 1.165) is 5.56 Å². The number of rotatable bonds is 4. The molecule has 5 rings (SSSR count). The van der Waals surface area contributed by atoms with Crippen LogP contribution in [0.3, 0.4) is 0 Å². The molecule has 7 N–H and O–H groups in total. The Hall–Kier alpha value is -5.74. The summed E-state index contributed by atoms with van der Waals surface area (Å²) in [4.78, 5) is 0. The molecule has 5 aromatic rings. The molecule has 0 heterocycles. The summed E-state index contributed by atoms with van der Waals surface area (Å²) in [6, 6.07) is 31.9. The van der Waals surface area contributed by atoms with Gasteiger partial charge in [0.1, 0.15) is 5.75 Å². The van der Waals surface area contributed by atoms with Crippen molar-refractivity contribution in [2.75, 3.05) is 21.3 Å². The van der Waals surface area contributed by atoms with E-state index < -0.39 is 0 Å². The maximum absolute atomic E-state index is 9.30. The standard InChI is InChI=1S/C8H10O3.C8H10O2.C7H8O2.C6H6O2.C6H6O/c1-11-7-4-2-3-6(5-9)8(7)10;1-6-3-4-7(9)8(5-6)10-2;1-9-7-5-3-2-4-6(7)8;7-5-3-1-2-4-6(5)8;7-6-4-2-1-3-5-6/h2-4,9-10H,5H2,1H3;3-5,9H,1-2H3;2-5,8H,1H3;1-4,7-8H;1-5,7H. The average Bonchev–Trinajstić information content (AvgIpc) is 3.05. The first-order valence-electron chi connectivity index (χ1n) is 13.4. The van der Waals surface area contributed by atoms with Crippen molar-refractivity contribution in [2.24, 2.45) is 0 Å². The number of aromatic hydroxyl groups is 6.